The largest absolute Gasteiger partial charge is 0.395 e. The van der Waals surface area contributed by atoms with Crippen LogP contribution in [0.1, 0.15) is 28.7 Å². The lowest BCUT2D eigenvalue weighted by Crippen LogP contribution is -2.15. The van der Waals surface area contributed by atoms with Crippen molar-refractivity contribution in [2.24, 2.45) is 0 Å². The summed E-state index contributed by atoms with van der Waals surface area (Å²) in [6.07, 6.45) is 0.659. The Labute approximate surface area is 124 Å². The fraction of sp³-hybridized carbons (Fsp3) is 0.154. The molecule has 2 rings (SSSR count). The molecular weight excluding hydrogens is 322 g/mol. The van der Waals surface area contributed by atoms with Crippen molar-refractivity contribution in [2.45, 2.75) is 13.3 Å². The first-order valence-electron chi connectivity index (χ1n) is 5.90. The summed E-state index contributed by atoms with van der Waals surface area (Å²) in [5.41, 5.74) is 7.79. The van der Waals surface area contributed by atoms with Gasteiger partial charge in [-0.2, -0.15) is 10.4 Å². The predicted octanol–water partition coefficient (Wildman–Crippen LogP) is 2.44. The summed E-state index contributed by atoms with van der Waals surface area (Å²) in [6.45, 7) is 1.91. The second-order valence-electron chi connectivity index (χ2n) is 4.07. The van der Waals surface area contributed by atoms with Crippen LogP contribution >= 0.6 is 15.9 Å². The van der Waals surface area contributed by atoms with E-state index >= 15 is 0 Å². The minimum Gasteiger partial charge on any atom is -0.395 e. The zero-order valence-corrected chi connectivity index (χ0v) is 12.3. The minimum absolute atomic E-state index is 0.130. The summed E-state index contributed by atoms with van der Waals surface area (Å²) >= 11 is 3.29. The Kier molecular flexibility index (Phi) is 4.05. The van der Waals surface area contributed by atoms with Gasteiger partial charge in [0.25, 0.3) is 5.91 Å². The molecular formula is C13H12BrN5O. The molecule has 0 aliphatic rings. The molecule has 102 valence electrons. The number of halogens is 1. The number of benzene rings is 1. The molecule has 0 saturated heterocycles. The third kappa shape index (κ3) is 2.65. The standard InChI is InChI=1S/C13H12BrN5O/c1-2-9-11(16)12(19-18-9)13(20)17-10-5-8(14)4-3-7(10)6-15/h3-5H,2,16H2,1H3,(H,17,20)(H,18,19). The van der Waals surface area contributed by atoms with E-state index in [2.05, 4.69) is 31.4 Å². The SMILES string of the molecule is CCc1[nH]nc(C(=O)Nc2cc(Br)ccc2C#N)c1N. The first-order valence-corrected chi connectivity index (χ1v) is 6.69. The maximum Gasteiger partial charge on any atom is 0.278 e. The number of carbonyl (C=O) groups is 1. The third-order valence-electron chi connectivity index (χ3n) is 2.80. The predicted molar refractivity (Wildman–Crippen MR) is 79.2 cm³/mol. The molecule has 0 fully saturated rings. The van der Waals surface area contributed by atoms with Gasteiger partial charge >= 0.3 is 0 Å². The van der Waals surface area contributed by atoms with Crippen molar-refractivity contribution in [2.75, 3.05) is 11.1 Å². The van der Waals surface area contributed by atoms with Crippen LogP contribution in [0.3, 0.4) is 0 Å². The van der Waals surface area contributed by atoms with Gasteiger partial charge in [-0.05, 0) is 24.6 Å². The van der Waals surface area contributed by atoms with E-state index in [1.165, 1.54) is 0 Å². The fourth-order valence-electron chi connectivity index (χ4n) is 1.73. The molecule has 0 radical (unpaired) electrons. The summed E-state index contributed by atoms with van der Waals surface area (Å²) in [5, 5.41) is 18.3. The van der Waals surface area contributed by atoms with Gasteiger partial charge in [-0.15, -0.1) is 0 Å². The quantitative estimate of drug-likeness (QED) is 0.801. The lowest BCUT2D eigenvalue weighted by Gasteiger charge is -2.06. The van der Waals surface area contributed by atoms with Crippen LogP contribution in [0.15, 0.2) is 22.7 Å². The summed E-state index contributed by atoms with van der Waals surface area (Å²) in [4.78, 5) is 12.1. The van der Waals surface area contributed by atoms with Crippen LogP contribution in [0.5, 0.6) is 0 Å². The van der Waals surface area contributed by atoms with Crippen molar-refractivity contribution < 1.29 is 4.79 Å². The Balaban J connectivity index is 2.30. The van der Waals surface area contributed by atoms with E-state index in [0.29, 0.717) is 29.1 Å². The van der Waals surface area contributed by atoms with Crippen molar-refractivity contribution >= 4 is 33.2 Å². The first kappa shape index (κ1) is 14.1. The van der Waals surface area contributed by atoms with Crippen LogP contribution < -0.4 is 11.1 Å². The number of aryl methyl sites for hydroxylation is 1. The van der Waals surface area contributed by atoms with E-state index in [1.54, 1.807) is 18.2 Å². The van der Waals surface area contributed by atoms with E-state index in [1.807, 2.05) is 13.0 Å². The molecule has 1 amide bonds. The monoisotopic (exact) mass is 333 g/mol. The van der Waals surface area contributed by atoms with Gasteiger partial charge in [-0.25, -0.2) is 0 Å². The van der Waals surface area contributed by atoms with Crippen LogP contribution in [0.2, 0.25) is 0 Å². The summed E-state index contributed by atoms with van der Waals surface area (Å²) in [5.74, 6) is -0.451. The molecule has 6 nitrogen and oxygen atoms in total. The Hall–Kier alpha value is -2.33. The van der Waals surface area contributed by atoms with Crippen molar-refractivity contribution in [3.05, 3.63) is 39.6 Å². The molecule has 0 bridgehead atoms. The highest BCUT2D eigenvalue weighted by molar-refractivity contribution is 9.10. The van der Waals surface area contributed by atoms with Gasteiger partial charge in [-0.1, -0.05) is 22.9 Å². The van der Waals surface area contributed by atoms with Crippen LogP contribution in [0.4, 0.5) is 11.4 Å². The highest BCUT2D eigenvalue weighted by Crippen LogP contribution is 2.22. The van der Waals surface area contributed by atoms with Crippen molar-refractivity contribution in [1.29, 1.82) is 5.26 Å². The van der Waals surface area contributed by atoms with Gasteiger partial charge in [0.15, 0.2) is 5.69 Å². The molecule has 7 heteroatoms. The number of aromatic amines is 1. The van der Waals surface area contributed by atoms with E-state index in [0.717, 1.165) is 4.47 Å². The molecule has 0 spiro atoms. The Bertz CT molecular complexity index is 701. The number of anilines is 2. The summed E-state index contributed by atoms with van der Waals surface area (Å²) < 4.78 is 0.760. The first-order chi connectivity index (χ1) is 9.56. The molecule has 0 saturated carbocycles. The Morgan fingerprint density at radius 3 is 2.95 bits per heavy atom. The molecule has 0 aliphatic heterocycles. The minimum atomic E-state index is -0.451. The molecule has 1 aromatic heterocycles. The third-order valence-corrected chi connectivity index (χ3v) is 3.30. The zero-order chi connectivity index (χ0) is 14.7. The van der Waals surface area contributed by atoms with Gasteiger partial charge in [0.2, 0.25) is 0 Å². The van der Waals surface area contributed by atoms with Crippen LogP contribution in [0.25, 0.3) is 0 Å². The van der Waals surface area contributed by atoms with Crippen molar-refractivity contribution in [3.63, 3.8) is 0 Å². The van der Waals surface area contributed by atoms with Crippen molar-refractivity contribution in [1.82, 2.24) is 10.2 Å². The maximum atomic E-state index is 12.1. The number of nitrogens with zero attached hydrogens (tertiary/aromatic N) is 2. The van der Waals surface area contributed by atoms with Gasteiger partial charge in [0.1, 0.15) is 6.07 Å². The lowest BCUT2D eigenvalue weighted by molar-refractivity contribution is 0.102. The van der Waals surface area contributed by atoms with Crippen LogP contribution in [0, 0.1) is 11.3 Å². The molecule has 2 aromatic rings. The number of nitrogens with one attached hydrogen (secondary N) is 2. The maximum absolute atomic E-state index is 12.1. The Morgan fingerprint density at radius 2 is 2.35 bits per heavy atom. The summed E-state index contributed by atoms with van der Waals surface area (Å²) in [7, 11) is 0. The zero-order valence-electron chi connectivity index (χ0n) is 10.7. The molecule has 0 aliphatic carbocycles. The second-order valence-corrected chi connectivity index (χ2v) is 4.99. The van der Waals surface area contributed by atoms with Crippen LogP contribution in [-0.2, 0) is 6.42 Å². The molecule has 1 heterocycles. The lowest BCUT2D eigenvalue weighted by atomic mass is 10.2. The number of nitrogen functional groups attached to an aromatic ring is 1. The average Bonchev–Trinajstić information content (AvgIpc) is 2.80. The number of amides is 1. The topological polar surface area (TPSA) is 108 Å². The van der Waals surface area contributed by atoms with Gasteiger partial charge in [0.05, 0.1) is 22.6 Å². The van der Waals surface area contributed by atoms with Gasteiger partial charge in [-0.3, -0.25) is 9.89 Å². The van der Waals surface area contributed by atoms with E-state index in [-0.39, 0.29) is 5.69 Å². The second kappa shape index (κ2) is 5.75. The normalized spacial score (nSPS) is 10.1. The Morgan fingerprint density at radius 1 is 1.60 bits per heavy atom. The van der Waals surface area contributed by atoms with Crippen LogP contribution in [-0.4, -0.2) is 16.1 Å². The van der Waals surface area contributed by atoms with Crippen molar-refractivity contribution in [3.8, 4) is 6.07 Å². The number of carbonyl (C=O) groups excluding carboxylic acids is 1. The molecule has 4 N–H and O–H groups in total. The number of aromatic nitrogens is 2. The number of hydrogen-bond donors (Lipinski definition) is 3. The van der Waals surface area contributed by atoms with Gasteiger partial charge < -0.3 is 11.1 Å². The smallest absolute Gasteiger partial charge is 0.278 e. The summed E-state index contributed by atoms with van der Waals surface area (Å²) in [6, 6.07) is 7.01. The molecule has 20 heavy (non-hydrogen) atoms. The number of nitrogens with two attached hydrogens (primary N) is 1. The number of hydrogen-bond acceptors (Lipinski definition) is 4. The average molecular weight is 334 g/mol. The van der Waals surface area contributed by atoms with E-state index in [9.17, 15) is 4.79 Å². The number of rotatable bonds is 3. The fourth-order valence-corrected chi connectivity index (χ4v) is 2.09. The number of H-pyrrole nitrogens is 1. The number of nitriles is 1. The molecule has 0 atom stereocenters. The highest BCUT2D eigenvalue weighted by atomic mass is 79.9. The molecule has 0 unspecified atom stereocenters. The highest BCUT2D eigenvalue weighted by Gasteiger charge is 2.17. The van der Waals surface area contributed by atoms with E-state index in [4.69, 9.17) is 11.0 Å². The van der Waals surface area contributed by atoms with Gasteiger partial charge in [0, 0.05) is 4.47 Å². The van der Waals surface area contributed by atoms with E-state index < -0.39 is 5.91 Å². The molecule has 1 aromatic carbocycles.